The number of carbonyl (C=O) groups is 1. The quantitative estimate of drug-likeness (QED) is 0.469. The molecular formula is C26H42FN3O3. The first-order valence-corrected chi connectivity index (χ1v) is 12.7. The number of nitrogens with zero attached hydrogens (tertiary/aromatic N) is 1. The lowest BCUT2D eigenvalue weighted by atomic mass is 9.85. The molecule has 0 aromatic heterocycles. The minimum atomic E-state index is -0.257. The molecule has 3 rings (SSSR count). The van der Waals surface area contributed by atoms with Crippen molar-refractivity contribution in [2.75, 3.05) is 40.0 Å². The van der Waals surface area contributed by atoms with Crippen molar-refractivity contribution in [3.8, 4) is 0 Å². The topological polar surface area (TPSA) is 76.8 Å². The first kappa shape index (κ1) is 25.9. The number of hydrogen-bond donors (Lipinski definition) is 2. The molecule has 0 spiro atoms. The van der Waals surface area contributed by atoms with Crippen molar-refractivity contribution in [2.45, 2.75) is 69.9 Å². The van der Waals surface area contributed by atoms with Crippen LogP contribution in [0.4, 0.5) is 9.18 Å². The first-order chi connectivity index (χ1) is 16.1. The van der Waals surface area contributed by atoms with E-state index in [1.807, 2.05) is 4.90 Å². The number of hydrogen-bond acceptors (Lipinski definition) is 4. The number of carbonyl (C=O) groups excluding carboxylic acids is 1. The van der Waals surface area contributed by atoms with E-state index in [9.17, 15) is 9.18 Å². The zero-order chi connectivity index (χ0) is 23.5. The number of ether oxygens (including phenoxy) is 2. The lowest BCUT2D eigenvalue weighted by Crippen LogP contribution is -2.51. The van der Waals surface area contributed by atoms with E-state index in [0.717, 1.165) is 37.8 Å². The molecule has 2 aliphatic rings. The molecule has 0 radical (unpaired) electrons. The van der Waals surface area contributed by atoms with Crippen LogP contribution in [0.1, 0.15) is 69.5 Å². The Hall–Kier alpha value is -1.70. The average Bonchev–Trinajstić information content (AvgIpc) is 2.85. The van der Waals surface area contributed by atoms with Gasteiger partial charge in [0.05, 0.1) is 6.10 Å². The molecule has 0 bridgehead atoms. The number of likely N-dealkylation sites (tertiary alicyclic amines) is 1. The van der Waals surface area contributed by atoms with Crippen LogP contribution < -0.4 is 11.1 Å². The van der Waals surface area contributed by atoms with Gasteiger partial charge in [0.2, 0.25) is 0 Å². The highest BCUT2D eigenvalue weighted by Gasteiger charge is 2.32. The fraction of sp³-hybridized carbons (Fsp3) is 0.731. The van der Waals surface area contributed by atoms with Crippen molar-refractivity contribution in [2.24, 2.45) is 17.6 Å². The average molecular weight is 464 g/mol. The Morgan fingerprint density at radius 2 is 1.91 bits per heavy atom. The van der Waals surface area contributed by atoms with Crippen LogP contribution in [0.2, 0.25) is 0 Å². The van der Waals surface area contributed by atoms with Crippen LogP contribution in [0.25, 0.3) is 0 Å². The molecule has 1 saturated heterocycles. The number of rotatable bonds is 11. The summed E-state index contributed by atoms with van der Waals surface area (Å²) in [6.07, 6.45) is 9.89. The third kappa shape index (κ3) is 8.23. The fourth-order valence-corrected chi connectivity index (χ4v) is 5.32. The van der Waals surface area contributed by atoms with Crippen molar-refractivity contribution in [1.29, 1.82) is 0 Å². The van der Waals surface area contributed by atoms with E-state index >= 15 is 0 Å². The van der Waals surface area contributed by atoms with E-state index in [-0.39, 0.29) is 29.9 Å². The zero-order valence-electron chi connectivity index (χ0n) is 20.1. The molecule has 1 aromatic carbocycles. The minimum Gasteiger partial charge on any atom is -0.385 e. The van der Waals surface area contributed by atoms with Crippen LogP contribution in [0.15, 0.2) is 24.3 Å². The predicted molar refractivity (Wildman–Crippen MR) is 128 cm³/mol. The van der Waals surface area contributed by atoms with Gasteiger partial charge in [-0.15, -0.1) is 0 Å². The normalized spacial score (nSPS) is 21.5. The summed E-state index contributed by atoms with van der Waals surface area (Å²) in [4.78, 5) is 15.0. The van der Waals surface area contributed by atoms with Crippen molar-refractivity contribution < 1.29 is 18.7 Å². The second-order valence-electron chi connectivity index (χ2n) is 9.66. The number of piperidine rings is 1. The number of urea groups is 1. The molecule has 1 unspecified atom stereocenters. The molecule has 2 fully saturated rings. The number of methoxy groups -OCH3 is 1. The first-order valence-electron chi connectivity index (χ1n) is 12.7. The van der Waals surface area contributed by atoms with Gasteiger partial charge in [-0.3, -0.25) is 0 Å². The summed E-state index contributed by atoms with van der Waals surface area (Å²) < 4.78 is 24.9. The Morgan fingerprint density at radius 1 is 1.15 bits per heavy atom. The highest BCUT2D eigenvalue weighted by Crippen LogP contribution is 2.33. The maximum Gasteiger partial charge on any atom is 0.317 e. The maximum atomic E-state index is 13.5. The molecule has 1 saturated carbocycles. The van der Waals surface area contributed by atoms with E-state index in [1.165, 1.54) is 44.2 Å². The van der Waals surface area contributed by atoms with Crippen LogP contribution in [0.3, 0.4) is 0 Å². The molecule has 1 heterocycles. The van der Waals surface area contributed by atoms with Gasteiger partial charge in [0.25, 0.3) is 0 Å². The molecule has 1 aliphatic heterocycles. The number of halogens is 1. The van der Waals surface area contributed by atoms with Crippen LogP contribution in [0.5, 0.6) is 0 Å². The molecule has 3 N–H and O–H groups in total. The van der Waals surface area contributed by atoms with E-state index in [4.69, 9.17) is 15.2 Å². The van der Waals surface area contributed by atoms with Crippen LogP contribution in [0, 0.1) is 17.7 Å². The minimum absolute atomic E-state index is 0.0248. The molecule has 6 nitrogen and oxygen atoms in total. The van der Waals surface area contributed by atoms with Crippen molar-refractivity contribution in [1.82, 2.24) is 10.2 Å². The Labute approximate surface area is 198 Å². The third-order valence-corrected chi connectivity index (χ3v) is 7.12. The Balaban J connectivity index is 1.59. The van der Waals surface area contributed by atoms with Crippen LogP contribution >= 0.6 is 0 Å². The molecule has 3 atom stereocenters. The summed E-state index contributed by atoms with van der Waals surface area (Å²) in [6.45, 7) is 3.04. The van der Waals surface area contributed by atoms with E-state index in [2.05, 4.69) is 5.32 Å². The van der Waals surface area contributed by atoms with Gasteiger partial charge in [0.1, 0.15) is 5.82 Å². The molecule has 33 heavy (non-hydrogen) atoms. The molecule has 186 valence electrons. The van der Waals surface area contributed by atoms with Crippen molar-refractivity contribution in [3.63, 3.8) is 0 Å². The molecular weight excluding hydrogens is 421 g/mol. The number of benzene rings is 1. The van der Waals surface area contributed by atoms with Gasteiger partial charge in [-0.05, 0) is 49.3 Å². The lowest BCUT2D eigenvalue weighted by Gasteiger charge is -2.38. The Kier molecular flexibility index (Phi) is 10.9. The number of amides is 2. The molecule has 7 heteroatoms. The monoisotopic (exact) mass is 463 g/mol. The molecule has 2 amide bonds. The number of nitrogens with two attached hydrogens (primary N) is 1. The zero-order valence-corrected chi connectivity index (χ0v) is 20.1. The smallest absolute Gasteiger partial charge is 0.317 e. The second-order valence-corrected chi connectivity index (χ2v) is 9.66. The van der Waals surface area contributed by atoms with Gasteiger partial charge in [-0.2, -0.15) is 0 Å². The van der Waals surface area contributed by atoms with Crippen molar-refractivity contribution in [3.05, 3.63) is 35.6 Å². The third-order valence-electron chi connectivity index (χ3n) is 7.12. The van der Waals surface area contributed by atoms with Crippen molar-refractivity contribution >= 4 is 6.03 Å². The predicted octanol–water partition coefficient (Wildman–Crippen LogP) is 4.64. The summed E-state index contributed by atoms with van der Waals surface area (Å²) in [7, 11) is 1.68. The lowest BCUT2D eigenvalue weighted by molar-refractivity contribution is -0.0168. The SMILES string of the molecule is COCCCOC(c1ccc(F)cc1)[C@@H]1CCCN(C(=O)N[C@H](CN)CC2CCCCC2)C1. The Morgan fingerprint density at radius 3 is 2.61 bits per heavy atom. The van der Waals surface area contributed by atoms with Gasteiger partial charge in [0.15, 0.2) is 0 Å². The van der Waals surface area contributed by atoms with E-state index in [0.29, 0.717) is 32.2 Å². The molecule has 1 aromatic rings. The van der Waals surface area contributed by atoms with Gasteiger partial charge in [0, 0.05) is 51.9 Å². The standard InChI is InChI=1S/C26H42FN3O3/c1-32-15-6-16-33-25(21-10-12-23(27)13-11-21)22-9-5-14-30(19-22)26(31)29-24(18-28)17-20-7-3-2-4-8-20/h10-13,20,22,24-25H,2-9,14-19,28H2,1H3,(H,29,31)/t22-,24+,25?/m1/s1. The Bertz CT molecular complexity index is 697. The van der Waals surface area contributed by atoms with Crippen LogP contribution in [-0.4, -0.2) is 56.9 Å². The van der Waals surface area contributed by atoms with Gasteiger partial charge in [-0.1, -0.05) is 44.2 Å². The largest absolute Gasteiger partial charge is 0.385 e. The highest BCUT2D eigenvalue weighted by atomic mass is 19.1. The summed E-state index contributed by atoms with van der Waals surface area (Å²) in [6, 6.07) is 6.55. The summed E-state index contributed by atoms with van der Waals surface area (Å²) in [5.41, 5.74) is 6.97. The fourth-order valence-electron chi connectivity index (χ4n) is 5.32. The maximum absolute atomic E-state index is 13.5. The van der Waals surface area contributed by atoms with E-state index < -0.39 is 0 Å². The highest BCUT2D eigenvalue weighted by molar-refractivity contribution is 5.74. The van der Waals surface area contributed by atoms with Gasteiger partial charge >= 0.3 is 6.03 Å². The van der Waals surface area contributed by atoms with Crippen LogP contribution in [-0.2, 0) is 9.47 Å². The summed E-state index contributed by atoms with van der Waals surface area (Å²) in [5, 5.41) is 3.21. The van der Waals surface area contributed by atoms with Gasteiger partial charge < -0.3 is 25.4 Å². The summed E-state index contributed by atoms with van der Waals surface area (Å²) >= 11 is 0. The van der Waals surface area contributed by atoms with Gasteiger partial charge in [-0.25, -0.2) is 9.18 Å². The summed E-state index contributed by atoms with van der Waals surface area (Å²) in [5.74, 6) is 0.574. The van der Waals surface area contributed by atoms with E-state index in [1.54, 1.807) is 19.2 Å². The second kappa shape index (κ2) is 13.9. The molecule has 1 aliphatic carbocycles. The number of nitrogens with one attached hydrogen (secondary N) is 1.